The molecule has 2 N–H and O–H groups in total. The van der Waals surface area contributed by atoms with Gasteiger partial charge in [0.05, 0.1) is 13.0 Å². The number of nitrogens with one attached hydrogen (secondary N) is 1. The minimum absolute atomic E-state index is 0.0351. The zero-order valence-electron chi connectivity index (χ0n) is 11.3. The number of carbonyl (C=O) groups is 2. The van der Waals surface area contributed by atoms with Gasteiger partial charge in [0.2, 0.25) is 5.91 Å². The molecule has 0 saturated carbocycles. The van der Waals surface area contributed by atoms with Crippen molar-refractivity contribution in [3.63, 3.8) is 0 Å². The smallest absolute Gasteiger partial charge is 0.246 e. The Kier molecular flexibility index (Phi) is 5.06. The first-order chi connectivity index (χ1) is 10.2. The molecule has 0 spiro atoms. The molecule has 0 heterocycles. The van der Waals surface area contributed by atoms with Crippen molar-refractivity contribution in [2.24, 2.45) is 0 Å². The van der Waals surface area contributed by atoms with E-state index in [4.69, 9.17) is 9.94 Å². The Morgan fingerprint density at radius 2 is 1.71 bits per heavy atom. The quantitative estimate of drug-likeness (QED) is 0.484. The van der Waals surface area contributed by atoms with Gasteiger partial charge >= 0.3 is 0 Å². The van der Waals surface area contributed by atoms with Crippen molar-refractivity contribution >= 4 is 11.7 Å². The van der Waals surface area contributed by atoms with E-state index in [1.165, 1.54) is 5.48 Å². The molecule has 0 atom stereocenters. The maximum absolute atomic E-state index is 12.3. The summed E-state index contributed by atoms with van der Waals surface area (Å²) < 4.78 is 5.38. The summed E-state index contributed by atoms with van der Waals surface area (Å²) in [6, 6.07) is 15.7. The van der Waals surface area contributed by atoms with Crippen LogP contribution in [0.3, 0.4) is 0 Å². The number of carbonyl (C=O) groups excluding carboxylic acids is 2. The van der Waals surface area contributed by atoms with Crippen LogP contribution < -0.4 is 10.2 Å². The molecule has 0 aliphatic rings. The van der Waals surface area contributed by atoms with Gasteiger partial charge in [-0.15, -0.1) is 0 Å². The Hall–Kier alpha value is -2.66. The predicted molar refractivity (Wildman–Crippen MR) is 76.4 cm³/mol. The van der Waals surface area contributed by atoms with Crippen LogP contribution in [-0.4, -0.2) is 23.5 Å². The van der Waals surface area contributed by atoms with E-state index >= 15 is 0 Å². The second-order valence-corrected chi connectivity index (χ2v) is 4.36. The van der Waals surface area contributed by atoms with Gasteiger partial charge in [0.25, 0.3) is 0 Å². The van der Waals surface area contributed by atoms with Crippen LogP contribution in [0.2, 0.25) is 0 Å². The predicted octanol–water partition coefficient (Wildman–Crippen LogP) is 2.19. The minimum Gasteiger partial charge on any atom is -0.493 e. The third-order valence-corrected chi connectivity index (χ3v) is 2.85. The maximum atomic E-state index is 12.3. The average molecular weight is 285 g/mol. The van der Waals surface area contributed by atoms with Crippen LogP contribution in [-0.2, 0) is 4.79 Å². The maximum Gasteiger partial charge on any atom is 0.246 e. The Bertz CT molecular complexity index is 625. The van der Waals surface area contributed by atoms with Crippen LogP contribution >= 0.6 is 0 Å². The lowest BCUT2D eigenvalue weighted by Gasteiger charge is -2.07. The molecule has 2 aromatic rings. The summed E-state index contributed by atoms with van der Waals surface area (Å²) in [7, 11) is 0. The molecule has 0 radical (unpaired) electrons. The standard InChI is InChI=1S/C16H15NO4/c18-15(17-20)9-10-21-14-8-4-7-13(11-14)16(19)12-5-2-1-3-6-12/h1-8,11,20H,9-10H2,(H,17,18). The first kappa shape index (κ1) is 14.7. The first-order valence-corrected chi connectivity index (χ1v) is 6.46. The number of benzene rings is 2. The summed E-state index contributed by atoms with van der Waals surface area (Å²) in [5, 5.41) is 8.38. The molecule has 5 heteroatoms. The number of hydroxylamine groups is 1. The molecule has 0 fully saturated rings. The number of hydrogen-bond donors (Lipinski definition) is 2. The highest BCUT2D eigenvalue weighted by molar-refractivity contribution is 6.09. The summed E-state index contributed by atoms with van der Waals surface area (Å²) in [5.74, 6) is -0.108. The average Bonchev–Trinajstić information content (AvgIpc) is 2.55. The van der Waals surface area contributed by atoms with Gasteiger partial charge in [-0.3, -0.25) is 14.8 Å². The zero-order chi connectivity index (χ0) is 15.1. The molecular weight excluding hydrogens is 270 g/mol. The second-order valence-electron chi connectivity index (χ2n) is 4.36. The molecule has 1 amide bonds. The van der Waals surface area contributed by atoms with Gasteiger partial charge in [-0.05, 0) is 12.1 Å². The van der Waals surface area contributed by atoms with Gasteiger partial charge < -0.3 is 4.74 Å². The first-order valence-electron chi connectivity index (χ1n) is 6.46. The van der Waals surface area contributed by atoms with Crippen LogP contribution in [0.1, 0.15) is 22.3 Å². The number of amides is 1. The van der Waals surface area contributed by atoms with Crippen LogP contribution in [0, 0.1) is 0 Å². The summed E-state index contributed by atoms with van der Waals surface area (Å²) >= 11 is 0. The van der Waals surface area contributed by atoms with E-state index in [-0.39, 0.29) is 18.8 Å². The molecule has 21 heavy (non-hydrogen) atoms. The highest BCUT2D eigenvalue weighted by Gasteiger charge is 2.09. The van der Waals surface area contributed by atoms with Crippen molar-refractivity contribution in [2.45, 2.75) is 6.42 Å². The van der Waals surface area contributed by atoms with Gasteiger partial charge in [-0.1, -0.05) is 42.5 Å². The minimum atomic E-state index is -0.522. The molecule has 0 saturated heterocycles. The van der Waals surface area contributed by atoms with Gasteiger partial charge in [0.15, 0.2) is 5.78 Å². The molecule has 2 aromatic carbocycles. The van der Waals surface area contributed by atoms with Crippen molar-refractivity contribution in [1.29, 1.82) is 0 Å². The summed E-state index contributed by atoms with van der Waals surface area (Å²) in [4.78, 5) is 23.1. The topological polar surface area (TPSA) is 75.6 Å². The monoisotopic (exact) mass is 285 g/mol. The van der Waals surface area contributed by atoms with Crippen LogP contribution in [0.15, 0.2) is 54.6 Å². The van der Waals surface area contributed by atoms with Gasteiger partial charge in [-0.2, -0.15) is 0 Å². The van der Waals surface area contributed by atoms with E-state index < -0.39 is 5.91 Å². The molecule has 0 unspecified atom stereocenters. The lowest BCUT2D eigenvalue weighted by molar-refractivity contribution is -0.129. The third-order valence-electron chi connectivity index (χ3n) is 2.85. The Morgan fingerprint density at radius 3 is 2.43 bits per heavy atom. The fourth-order valence-corrected chi connectivity index (χ4v) is 1.80. The SMILES string of the molecule is O=C(CCOc1cccc(C(=O)c2ccccc2)c1)NO. The fourth-order valence-electron chi connectivity index (χ4n) is 1.80. The molecule has 0 aliphatic heterocycles. The molecular formula is C16H15NO4. The van der Waals surface area contributed by atoms with Crippen molar-refractivity contribution in [2.75, 3.05) is 6.61 Å². The Morgan fingerprint density at radius 1 is 1.00 bits per heavy atom. The van der Waals surface area contributed by atoms with E-state index in [1.807, 2.05) is 6.07 Å². The largest absolute Gasteiger partial charge is 0.493 e. The lowest BCUT2D eigenvalue weighted by atomic mass is 10.0. The number of ketones is 1. The van der Waals surface area contributed by atoms with Crippen LogP contribution in [0.5, 0.6) is 5.75 Å². The molecule has 0 bridgehead atoms. The third kappa shape index (κ3) is 4.15. The molecule has 5 nitrogen and oxygen atoms in total. The second kappa shape index (κ2) is 7.21. The number of ether oxygens (including phenoxy) is 1. The normalized spacial score (nSPS) is 9.95. The van der Waals surface area contributed by atoms with E-state index in [9.17, 15) is 9.59 Å². The highest BCUT2D eigenvalue weighted by atomic mass is 16.5. The van der Waals surface area contributed by atoms with Crippen LogP contribution in [0.25, 0.3) is 0 Å². The van der Waals surface area contributed by atoms with Crippen molar-refractivity contribution in [3.05, 3.63) is 65.7 Å². The Balaban J connectivity index is 2.04. The van der Waals surface area contributed by atoms with E-state index in [1.54, 1.807) is 48.5 Å². The van der Waals surface area contributed by atoms with Crippen molar-refractivity contribution in [3.8, 4) is 5.75 Å². The zero-order valence-corrected chi connectivity index (χ0v) is 11.3. The van der Waals surface area contributed by atoms with E-state index in [0.29, 0.717) is 16.9 Å². The van der Waals surface area contributed by atoms with E-state index in [2.05, 4.69) is 0 Å². The summed E-state index contributed by atoms with van der Waals surface area (Å²) in [5.41, 5.74) is 2.65. The molecule has 2 rings (SSSR count). The van der Waals surface area contributed by atoms with Gasteiger partial charge in [0, 0.05) is 11.1 Å². The Labute approximate surface area is 122 Å². The van der Waals surface area contributed by atoms with Gasteiger partial charge in [0.1, 0.15) is 5.75 Å². The molecule has 108 valence electrons. The van der Waals surface area contributed by atoms with Crippen molar-refractivity contribution < 1.29 is 19.5 Å². The number of rotatable bonds is 6. The van der Waals surface area contributed by atoms with Gasteiger partial charge in [-0.25, -0.2) is 5.48 Å². The van der Waals surface area contributed by atoms with E-state index in [0.717, 1.165) is 0 Å². The summed E-state index contributed by atoms with van der Waals surface area (Å²) in [6.45, 7) is 0.120. The number of hydrogen-bond acceptors (Lipinski definition) is 4. The van der Waals surface area contributed by atoms with Crippen LogP contribution in [0.4, 0.5) is 0 Å². The molecule has 0 aromatic heterocycles. The highest BCUT2D eigenvalue weighted by Crippen LogP contribution is 2.16. The lowest BCUT2D eigenvalue weighted by Crippen LogP contribution is -2.20. The van der Waals surface area contributed by atoms with Crippen molar-refractivity contribution in [1.82, 2.24) is 5.48 Å². The molecule has 0 aliphatic carbocycles. The summed E-state index contributed by atoms with van der Waals surface area (Å²) in [6.07, 6.45) is 0.0351. The fraction of sp³-hybridized carbons (Fsp3) is 0.125.